The van der Waals surface area contributed by atoms with E-state index in [1.807, 2.05) is 59.9 Å². The summed E-state index contributed by atoms with van der Waals surface area (Å²) >= 11 is 0. The largest absolute Gasteiger partial charge is 0.380 e. The van der Waals surface area contributed by atoms with Gasteiger partial charge in [-0.05, 0) is 42.0 Å². The van der Waals surface area contributed by atoms with Crippen LogP contribution in [-0.4, -0.2) is 56.9 Å². The second-order valence-electron chi connectivity index (χ2n) is 8.69. The second-order valence-corrected chi connectivity index (χ2v) is 8.69. The first-order valence-corrected chi connectivity index (χ1v) is 11.8. The highest BCUT2D eigenvalue weighted by molar-refractivity contribution is 6.07. The maximum Gasteiger partial charge on any atom is 0.253 e. The Morgan fingerprint density at radius 3 is 2.63 bits per heavy atom. The number of anilines is 1. The third-order valence-corrected chi connectivity index (χ3v) is 6.39. The zero-order chi connectivity index (χ0) is 23.6. The summed E-state index contributed by atoms with van der Waals surface area (Å²) in [4.78, 5) is 31.3. The fourth-order valence-corrected chi connectivity index (χ4v) is 4.46. The third kappa shape index (κ3) is 4.31. The predicted molar refractivity (Wildman–Crippen MR) is 137 cm³/mol. The molecule has 5 aromatic rings. The lowest BCUT2D eigenvalue weighted by atomic mass is 10.1. The number of benzene rings is 1. The second kappa shape index (κ2) is 9.15. The lowest BCUT2D eigenvalue weighted by molar-refractivity contribution is 0.0736. The summed E-state index contributed by atoms with van der Waals surface area (Å²) in [6, 6.07) is 15.9. The molecule has 8 heteroatoms. The summed E-state index contributed by atoms with van der Waals surface area (Å²) in [5.41, 5.74) is 6.39. The molecule has 0 unspecified atom stereocenters. The summed E-state index contributed by atoms with van der Waals surface area (Å²) in [6.07, 6.45) is 7.25. The fraction of sp³-hybridized carbons (Fsp3) is 0.185. The molecule has 8 nitrogen and oxygen atoms in total. The number of carbonyl (C=O) groups excluding carboxylic acids is 1. The number of piperazine rings is 1. The van der Waals surface area contributed by atoms with Gasteiger partial charge in [-0.15, -0.1) is 0 Å². The van der Waals surface area contributed by atoms with E-state index in [0.717, 1.165) is 76.2 Å². The first-order valence-electron chi connectivity index (χ1n) is 11.8. The van der Waals surface area contributed by atoms with Crippen LogP contribution in [0.5, 0.6) is 0 Å². The molecule has 5 heterocycles. The molecule has 0 spiro atoms. The number of fused-ring (bicyclic) bond motifs is 3. The Labute approximate surface area is 202 Å². The third-order valence-electron chi connectivity index (χ3n) is 6.39. The van der Waals surface area contributed by atoms with Crippen molar-refractivity contribution in [2.75, 3.05) is 31.5 Å². The topological polar surface area (TPSA) is 98.8 Å². The van der Waals surface area contributed by atoms with Gasteiger partial charge >= 0.3 is 0 Å². The number of hydrogen-bond donors (Lipinski definition) is 3. The normalized spacial score (nSPS) is 13.9. The van der Waals surface area contributed by atoms with E-state index in [1.165, 1.54) is 0 Å². The minimum absolute atomic E-state index is 0.0974. The molecule has 6 rings (SSSR count). The van der Waals surface area contributed by atoms with Gasteiger partial charge in [0, 0.05) is 67.0 Å². The van der Waals surface area contributed by atoms with Crippen LogP contribution in [-0.2, 0) is 6.54 Å². The standard InChI is InChI=1S/C27H25N7O/c35-27(34-10-8-28-9-11-34)19-5-3-18(4-6-19)14-30-21-12-23-22-13-24(20-2-1-7-29-15-20)31-17-25(22)33-26(23)32-16-21/h1-7,12-13,15-17,28,30H,8-11,14H2,(H,32,33). The van der Waals surface area contributed by atoms with Gasteiger partial charge in [0.2, 0.25) is 0 Å². The Morgan fingerprint density at radius 2 is 1.83 bits per heavy atom. The van der Waals surface area contributed by atoms with Crippen LogP contribution < -0.4 is 10.6 Å². The van der Waals surface area contributed by atoms with Crippen LogP contribution in [0, 0.1) is 0 Å². The zero-order valence-electron chi connectivity index (χ0n) is 19.2. The van der Waals surface area contributed by atoms with Crippen molar-refractivity contribution in [2.45, 2.75) is 6.54 Å². The van der Waals surface area contributed by atoms with E-state index in [9.17, 15) is 4.79 Å². The molecule has 1 amide bonds. The molecular formula is C27H25N7O. The van der Waals surface area contributed by atoms with E-state index < -0.39 is 0 Å². The lowest BCUT2D eigenvalue weighted by Crippen LogP contribution is -2.46. The molecule has 1 aromatic carbocycles. The van der Waals surface area contributed by atoms with E-state index in [0.29, 0.717) is 6.54 Å². The highest BCUT2D eigenvalue weighted by Gasteiger charge is 2.17. The van der Waals surface area contributed by atoms with Crippen LogP contribution in [0.15, 0.2) is 73.3 Å². The number of aromatic amines is 1. The molecule has 0 atom stereocenters. The number of nitrogens with one attached hydrogen (secondary N) is 3. The Balaban J connectivity index is 1.20. The van der Waals surface area contributed by atoms with Crippen molar-refractivity contribution in [3.8, 4) is 11.3 Å². The number of pyridine rings is 3. The molecular weight excluding hydrogens is 438 g/mol. The summed E-state index contributed by atoms with van der Waals surface area (Å²) in [5, 5.41) is 8.84. The van der Waals surface area contributed by atoms with E-state index in [4.69, 9.17) is 0 Å². The smallest absolute Gasteiger partial charge is 0.253 e. The maximum atomic E-state index is 12.7. The fourth-order valence-electron chi connectivity index (χ4n) is 4.46. The molecule has 1 saturated heterocycles. The number of amides is 1. The monoisotopic (exact) mass is 463 g/mol. The molecule has 1 aliphatic rings. The Bertz CT molecular complexity index is 1490. The van der Waals surface area contributed by atoms with E-state index in [1.54, 1.807) is 6.20 Å². The van der Waals surface area contributed by atoms with Crippen LogP contribution in [0.1, 0.15) is 15.9 Å². The molecule has 3 N–H and O–H groups in total. The van der Waals surface area contributed by atoms with Crippen molar-refractivity contribution in [3.05, 3.63) is 84.4 Å². The van der Waals surface area contributed by atoms with Crippen molar-refractivity contribution >= 4 is 33.5 Å². The van der Waals surface area contributed by atoms with E-state index in [-0.39, 0.29) is 5.91 Å². The van der Waals surface area contributed by atoms with E-state index >= 15 is 0 Å². The van der Waals surface area contributed by atoms with Crippen LogP contribution in [0.3, 0.4) is 0 Å². The summed E-state index contributed by atoms with van der Waals surface area (Å²) in [6.45, 7) is 3.85. The Morgan fingerprint density at radius 1 is 0.971 bits per heavy atom. The van der Waals surface area contributed by atoms with Crippen LogP contribution in [0.2, 0.25) is 0 Å². The summed E-state index contributed by atoms with van der Waals surface area (Å²) < 4.78 is 0. The van der Waals surface area contributed by atoms with Crippen molar-refractivity contribution < 1.29 is 4.79 Å². The van der Waals surface area contributed by atoms with Gasteiger partial charge < -0.3 is 20.5 Å². The Hall–Kier alpha value is -4.30. The summed E-state index contributed by atoms with van der Waals surface area (Å²) in [7, 11) is 0. The maximum absolute atomic E-state index is 12.7. The highest BCUT2D eigenvalue weighted by atomic mass is 16.2. The number of hydrogen-bond acceptors (Lipinski definition) is 6. The van der Waals surface area contributed by atoms with E-state index in [2.05, 4.69) is 42.7 Å². The van der Waals surface area contributed by atoms with Gasteiger partial charge in [-0.3, -0.25) is 14.8 Å². The molecule has 0 radical (unpaired) electrons. The first-order chi connectivity index (χ1) is 17.2. The molecule has 4 aromatic heterocycles. The molecule has 174 valence electrons. The lowest BCUT2D eigenvalue weighted by Gasteiger charge is -2.27. The van der Waals surface area contributed by atoms with Crippen LogP contribution >= 0.6 is 0 Å². The number of nitrogens with zero attached hydrogens (tertiary/aromatic N) is 4. The van der Waals surface area contributed by atoms with Crippen molar-refractivity contribution in [3.63, 3.8) is 0 Å². The minimum Gasteiger partial charge on any atom is -0.380 e. The number of H-pyrrole nitrogens is 1. The first kappa shape index (κ1) is 21.2. The van der Waals surface area contributed by atoms with Gasteiger partial charge in [-0.1, -0.05) is 12.1 Å². The average Bonchev–Trinajstić information content (AvgIpc) is 3.30. The van der Waals surface area contributed by atoms with Crippen molar-refractivity contribution in [2.24, 2.45) is 0 Å². The minimum atomic E-state index is 0.0974. The molecule has 1 aliphatic heterocycles. The number of carbonyl (C=O) groups is 1. The molecule has 1 fully saturated rings. The highest BCUT2D eigenvalue weighted by Crippen LogP contribution is 2.29. The SMILES string of the molecule is O=C(c1ccc(CNc2cnc3[nH]c4cnc(-c5cccnc5)cc4c3c2)cc1)N1CCNCC1. The van der Waals surface area contributed by atoms with Crippen LogP contribution in [0.4, 0.5) is 5.69 Å². The molecule has 0 saturated carbocycles. The van der Waals surface area contributed by atoms with Gasteiger partial charge in [-0.25, -0.2) is 4.98 Å². The quantitative estimate of drug-likeness (QED) is 0.366. The molecule has 0 bridgehead atoms. The molecule has 0 aliphatic carbocycles. The van der Waals surface area contributed by atoms with Crippen molar-refractivity contribution in [1.82, 2.24) is 30.2 Å². The van der Waals surface area contributed by atoms with Gasteiger partial charge in [0.05, 0.1) is 29.3 Å². The zero-order valence-corrected chi connectivity index (χ0v) is 19.2. The van der Waals surface area contributed by atoms with Gasteiger partial charge in [0.1, 0.15) is 5.65 Å². The molecule has 35 heavy (non-hydrogen) atoms. The number of rotatable bonds is 5. The van der Waals surface area contributed by atoms with Gasteiger partial charge in [0.15, 0.2) is 0 Å². The Kier molecular flexibility index (Phi) is 5.56. The average molecular weight is 464 g/mol. The van der Waals surface area contributed by atoms with Gasteiger partial charge in [0.25, 0.3) is 5.91 Å². The van der Waals surface area contributed by atoms with Crippen molar-refractivity contribution in [1.29, 1.82) is 0 Å². The predicted octanol–water partition coefficient (Wildman–Crippen LogP) is 3.83. The van der Waals surface area contributed by atoms with Crippen LogP contribution in [0.25, 0.3) is 33.2 Å². The van der Waals surface area contributed by atoms with Gasteiger partial charge in [-0.2, -0.15) is 0 Å². The summed E-state index contributed by atoms with van der Waals surface area (Å²) in [5.74, 6) is 0.0974. The number of aromatic nitrogens is 4.